The number of rotatable bonds is 6. The molecule has 8 heteroatoms. The molecular weight excluding hydrogens is 280 g/mol. The van der Waals surface area contributed by atoms with Gasteiger partial charge in [-0.05, 0) is 24.3 Å². The number of anilines is 2. The number of halogens is 1. The average Bonchev–Trinajstić information content (AvgIpc) is 2.32. The van der Waals surface area contributed by atoms with Crippen LogP contribution in [0.4, 0.5) is 11.4 Å². The van der Waals surface area contributed by atoms with Crippen molar-refractivity contribution >= 4 is 38.9 Å². The molecule has 2 N–H and O–H groups in total. The minimum Gasteiger partial charge on any atom is -0.375 e. The van der Waals surface area contributed by atoms with Crippen molar-refractivity contribution in [1.29, 1.82) is 0 Å². The van der Waals surface area contributed by atoms with Crippen molar-refractivity contribution < 1.29 is 17.9 Å². The Kier molecular flexibility index (Phi) is 5.39. The molecule has 0 atom stereocenters. The fourth-order valence-corrected chi connectivity index (χ4v) is 1.87. The Bertz CT molecular complexity index is 501. The Morgan fingerprint density at radius 2 is 1.83 bits per heavy atom. The Morgan fingerprint density at radius 3 is 2.33 bits per heavy atom. The van der Waals surface area contributed by atoms with Crippen LogP contribution in [0.25, 0.3) is 0 Å². The quantitative estimate of drug-likeness (QED) is 0.772. The van der Waals surface area contributed by atoms with Crippen LogP contribution in [0.15, 0.2) is 24.3 Å². The highest BCUT2D eigenvalue weighted by molar-refractivity contribution is 7.93. The molecule has 18 heavy (non-hydrogen) atoms. The van der Waals surface area contributed by atoms with Gasteiger partial charge in [0.2, 0.25) is 15.9 Å². The lowest BCUT2D eigenvalue weighted by atomic mass is 10.3. The first-order valence-electron chi connectivity index (χ1n) is 4.92. The molecule has 1 amide bonds. The molecule has 1 aromatic rings. The number of sulfonamides is 1. The van der Waals surface area contributed by atoms with Gasteiger partial charge in [-0.3, -0.25) is 9.52 Å². The van der Waals surface area contributed by atoms with Gasteiger partial charge in [0.1, 0.15) is 11.8 Å². The number of carbonyl (C=O) groups is 1. The van der Waals surface area contributed by atoms with Crippen LogP contribution in [0.5, 0.6) is 0 Å². The van der Waals surface area contributed by atoms with E-state index in [1.807, 2.05) is 0 Å². The lowest BCUT2D eigenvalue weighted by Crippen LogP contribution is -2.17. The van der Waals surface area contributed by atoms with Gasteiger partial charge in [0.25, 0.3) is 0 Å². The predicted octanol–water partition coefficient (Wildman–Crippen LogP) is 1.21. The number of methoxy groups -OCH3 is 1. The van der Waals surface area contributed by atoms with Gasteiger partial charge in [0.15, 0.2) is 0 Å². The maximum absolute atomic E-state index is 11.2. The third-order valence-electron chi connectivity index (χ3n) is 1.86. The fraction of sp³-hybridized carbons (Fsp3) is 0.300. The Balaban J connectivity index is 2.66. The fourth-order valence-electron chi connectivity index (χ4n) is 1.16. The van der Waals surface area contributed by atoms with Crippen LogP contribution >= 0.6 is 11.6 Å². The molecule has 1 rings (SSSR count). The lowest BCUT2D eigenvalue weighted by Gasteiger charge is -2.07. The van der Waals surface area contributed by atoms with Crippen molar-refractivity contribution in [1.82, 2.24) is 0 Å². The molecular formula is C10H13ClN2O4S. The number of hydrogen-bond donors (Lipinski definition) is 2. The Labute approximate surface area is 110 Å². The lowest BCUT2D eigenvalue weighted by molar-refractivity contribution is -0.119. The van der Waals surface area contributed by atoms with Crippen molar-refractivity contribution in [3.8, 4) is 0 Å². The minimum absolute atomic E-state index is 0.0410. The van der Waals surface area contributed by atoms with Crippen LogP contribution in [0, 0.1) is 0 Å². The zero-order valence-electron chi connectivity index (χ0n) is 9.64. The molecule has 100 valence electrons. The van der Waals surface area contributed by atoms with Gasteiger partial charge in [-0.25, -0.2) is 8.42 Å². The molecule has 1 aromatic carbocycles. The van der Waals surface area contributed by atoms with Gasteiger partial charge in [-0.15, -0.1) is 11.6 Å². The van der Waals surface area contributed by atoms with Gasteiger partial charge in [0, 0.05) is 18.5 Å². The summed E-state index contributed by atoms with van der Waals surface area (Å²) >= 11 is 5.26. The normalized spacial score (nSPS) is 11.0. The molecule has 0 aliphatic heterocycles. The van der Waals surface area contributed by atoms with Crippen LogP contribution in [0.1, 0.15) is 0 Å². The summed E-state index contributed by atoms with van der Waals surface area (Å²) in [4.78, 5) is 11.2. The summed E-state index contributed by atoms with van der Waals surface area (Å²) in [7, 11) is -2.09. The van der Waals surface area contributed by atoms with E-state index >= 15 is 0 Å². The summed E-state index contributed by atoms with van der Waals surface area (Å²) in [6.45, 7) is -0.0410. The number of amides is 1. The number of ether oxygens (including phenoxy) is 1. The molecule has 0 fully saturated rings. The van der Waals surface area contributed by atoms with Crippen molar-refractivity contribution in [2.24, 2.45) is 0 Å². The highest BCUT2D eigenvalue weighted by atomic mass is 35.5. The highest BCUT2D eigenvalue weighted by Crippen LogP contribution is 2.15. The van der Waals surface area contributed by atoms with Gasteiger partial charge >= 0.3 is 0 Å². The van der Waals surface area contributed by atoms with Crippen LogP contribution in [0.3, 0.4) is 0 Å². The van der Waals surface area contributed by atoms with E-state index in [-0.39, 0.29) is 12.5 Å². The maximum atomic E-state index is 11.2. The monoisotopic (exact) mass is 292 g/mol. The molecule has 6 nitrogen and oxygen atoms in total. The summed E-state index contributed by atoms with van der Waals surface area (Å²) < 4.78 is 29.3. The van der Waals surface area contributed by atoms with E-state index < -0.39 is 15.2 Å². The first kappa shape index (κ1) is 14.7. The number of nitrogens with one attached hydrogen (secondary N) is 2. The number of alkyl halides is 1. The standard InChI is InChI=1S/C10H13ClN2O4S/c1-17-6-10(14)12-8-2-4-9(5-3-8)13-18(15,16)7-11/h2-5,13H,6-7H2,1H3,(H,12,14). The second-order valence-corrected chi connectivity index (χ2v) is 5.69. The summed E-state index contributed by atoms with van der Waals surface area (Å²) in [5, 5.41) is 2.07. The number of benzene rings is 1. The van der Waals surface area contributed by atoms with E-state index in [1.54, 1.807) is 12.1 Å². The average molecular weight is 293 g/mol. The summed E-state index contributed by atoms with van der Waals surface area (Å²) in [5.74, 6) is -0.286. The third kappa shape index (κ3) is 4.91. The first-order valence-corrected chi connectivity index (χ1v) is 7.11. The van der Waals surface area contributed by atoms with E-state index in [4.69, 9.17) is 11.6 Å². The van der Waals surface area contributed by atoms with Crippen LogP contribution in [-0.4, -0.2) is 33.3 Å². The van der Waals surface area contributed by atoms with Crippen LogP contribution in [-0.2, 0) is 19.6 Å². The zero-order valence-corrected chi connectivity index (χ0v) is 11.2. The topological polar surface area (TPSA) is 84.5 Å². The second kappa shape index (κ2) is 6.58. The molecule has 0 unspecified atom stereocenters. The predicted molar refractivity (Wildman–Crippen MR) is 70.2 cm³/mol. The molecule has 0 radical (unpaired) electrons. The van der Waals surface area contributed by atoms with Crippen molar-refractivity contribution in [2.75, 3.05) is 29.0 Å². The summed E-state index contributed by atoms with van der Waals surface area (Å²) in [6, 6.07) is 6.18. The summed E-state index contributed by atoms with van der Waals surface area (Å²) in [6.07, 6.45) is 0. The largest absolute Gasteiger partial charge is 0.375 e. The zero-order chi connectivity index (χ0) is 13.6. The molecule has 0 saturated heterocycles. The van der Waals surface area contributed by atoms with Gasteiger partial charge in [0.05, 0.1) is 0 Å². The van der Waals surface area contributed by atoms with Gasteiger partial charge in [-0.1, -0.05) is 0 Å². The minimum atomic E-state index is -3.51. The van der Waals surface area contributed by atoms with E-state index in [2.05, 4.69) is 14.8 Å². The highest BCUT2D eigenvalue weighted by Gasteiger charge is 2.08. The molecule has 0 saturated carbocycles. The molecule has 0 aliphatic carbocycles. The number of hydrogen-bond acceptors (Lipinski definition) is 4. The van der Waals surface area contributed by atoms with Crippen LogP contribution in [0.2, 0.25) is 0 Å². The van der Waals surface area contributed by atoms with Crippen molar-refractivity contribution in [3.05, 3.63) is 24.3 Å². The van der Waals surface area contributed by atoms with Crippen molar-refractivity contribution in [2.45, 2.75) is 0 Å². The molecule has 0 spiro atoms. The van der Waals surface area contributed by atoms with Gasteiger partial charge in [-0.2, -0.15) is 0 Å². The third-order valence-corrected chi connectivity index (χ3v) is 3.56. The Hall–Kier alpha value is -1.31. The van der Waals surface area contributed by atoms with E-state index in [0.29, 0.717) is 11.4 Å². The molecule has 0 aromatic heterocycles. The molecule has 0 aliphatic rings. The van der Waals surface area contributed by atoms with Crippen LogP contribution < -0.4 is 10.0 Å². The van der Waals surface area contributed by atoms with Crippen molar-refractivity contribution in [3.63, 3.8) is 0 Å². The summed E-state index contributed by atoms with van der Waals surface area (Å²) in [5.41, 5.74) is 0.922. The number of carbonyl (C=O) groups excluding carboxylic acids is 1. The van der Waals surface area contributed by atoms with E-state index in [9.17, 15) is 13.2 Å². The Morgan fingerprint density at radius 1 is 1.28 bits per heavy atom. The first-order chi connectivity index (χ1) is 8.46. The SMILES string of the molecule is COCC(=O)Nc1ccc(NS(=O)(=O)CCl)cc1. The smallest absolute Gasteiger partial charge is 0.250 e. The van der Waals surface area contributed by atoms with E-state index in [0.717, 1.165) is 0 Å². The van der Waals surface area contributed by atoms with Gasteiger partial charge < -0.3 is 10.1 Å². The second-order valence-electron chi connectivity index (χ2n) is 3.38. The maximum Gasteiger partial charge on any atom is 0.250 e. The van der Waals surface area contributed by atoms with E-state index in [1.165, 1.54) is 19.2 Å². The molecule has 0 heterocycles. The molecule has 0 bridgehead atoms.